The van der Waals surface area contributed by atoms with Crippen molar-refractivity contribution in [1.29, 1.82) is 0 Å². The van der Waals surface area contributed by atoms with Crippen LogP contribution in [0, 0.1) is 0 Å². The third-order valence-electron chi connectivity index (χ3n) is 3.04. The lowest BCUT2D eigenvalue weighted by molar-refractivity contribution is 0.603. The van der Waals surface area contributed by atoms with Gasteiger partial charge in [-0.05, 0) is 43.4 Å². The van der Waals surface area contributed by atoms with Crippen LogP contribution in [0.15, 0.2) is 24.3 Å². The predicted molar refractivity (Wildman–Crippen MR) is 60.5 cm³/mol. The molecule has 1 fully saturated rings. The van der Waals surface area contributed by atoms with E-state index in [4.69, 9.17) is 0 Å². The molecule has 1 aromatic carbocycles. The molecular formula is C13H19N. The Balaban J connectivity index is 2.00. The molecule has 1 saturated heterocycles. The van der Waals surface area contributed by atoms with Crippen molar-refractivity contribution in [2.75, 3.05) is 6.54 Å². The summed E-state index contributed by atoms with van der Waals surface area (Å²) >= 11 is 0. The van der Waals surface area contributed by atoms with Crippen molar-refractivity contribution in [2.24, 2.45) is 0 Å². The number of hydrogen-bond donors (Lipinski definition) is 1. The van der Waals surface area contributed by atoms with Crippen molar-refractivity contribution in [3.63, 3.8) is 0 Å². The average molecular weight is 189 g/mol. The summed E-state index contributed by atoms with van der Waals surface area (Å²) in [7, 11) is 0. The van der Waals surface area contributed by atoms with Crippen LogP contribution in [0.5, 0.6) is 0 Å². The molecule has 1 aliphatic heterocycles. The van der Waals surface area contributed by atoms with Crippen LogP contribution in [0.3, 0.4) is 0 Å². The molecule has 2 rings (SSSR count). The first kappa shape index (κ1) is 9.72. The van der Waals surface area contributed by atoms with Crippen LogP contribution < -0.4 is 5.32 Å². The molecular weight excluding hydrogens is 170 g/mol. The molecule has 0 radical (unpaired) electrons. The van der Waals surface area contributed by atoms with Crippen LogP contribution in [-0.2, 0) is 12.8 Å². The molecule has 0 unspecified atom stereocenters. The quantitative estimate of drug-likeness (QED) is 0.770. The van der Waals surface area contributed by atoms with Gasteiger partial charge in [0.05, 0.1) is 0 Å². The van der Waals surface area contributed by atoms with Gasteiger partial charge in [0.2, 0.25) is 0 Å². The summed E-state index contributed by atoms with van der Waals surface area (Å²) in [5.41, 5.74) is 2.95. The zero-order valence-electron chi connectivity index (χ0n) is 8.92. The van der Waals surface area contributed by atoms with Crippen molar-refractivity contribution in [1.82, 2.24) is 5.32 Å². The van der Waals surface area contributed by atoms with Crippen LogP contribution in [0.25, 0.3) is 0 Å². The first-order valence-electron chi connectivity index (χ1n) is 5.69. The number of hydrogen-bond acceptors (Lipinski definition) is 1. The average Bonchev–Trinajstić information content (AvgIpc) is 2.71. The molecule has 1 heterocycles. The minimum absolute atomic E-state index is 0.724. The number of aryl methyl sites for hydroxylation is 1. The maximum atomic E-state index is 3.54. The Morgan fingerprint density at radius 1 is 1.36 bits per heavy atom. The third kappa shape index (κ3) is 2.36. The van der Waals surface area contributed by atoms with E-state index in [0.717, 1.165) is 12.5 Å². The molecule has 0 amide bonds. The summed E-state index contributed by atoms with van der Waals surface area (Å²) in [5.74, 6) is 0. The monoisotopic (exact) mass is 189 g/mol. The van der Waals surface area contributed by atoms with Crippen molar-refractivity contribution in [3.05, 3.63) is 35.4 Å². The van der Waals surface area contributed by atoms with E-state index in [-0.39, 0.29) is 0 Å². The highest BCUT2D eigenvalue weighted by molar-refractivity contribution is 5.24. The predicted octanol–water partition coefficient (Wildman–Crippen LogP) is 2.54. The highest BCUT2D eigenvalue weighted by Crippen LogP contribution is 2.13. The van der Waals surface area contributed by atoms with Gasteiger partial charge in [-0.15, -0.1) is 0 Å². The van der Waals surface area contributed by atoms with Crippen molar-refractivity contribution in [3.8, 4) is 0 Å². The van der Waals surface area contributed by atoms with E-state index in [9.17, 15) is 0 Å². The zero-order chi connectivity index (χ0) is 9.80. The van der Waals surface area contributed by atoms with Gasteiger partial charge in [-0.1, -0.05) is 31.2 Å². The van der Waals surface area contributed by atoms with Gasteiger partial charge < -0.3 is 5.32 Å². The second-order valence-corrected chi connectivity index (χ2v) is 4.17. The van der Waals surface area contributed by atoms with Crippen LogP contribution in [0.1, 0.15) is 30.9 Å². The smallest absolute Gasteiger partial charge is 0.0108 e. The SMILES string of the molecule is CCc1cccc(C[C@@H]2CCCN2)c1. The van der Waals surface area contributed by atoms with Gasteiger partial charge >= 0.3 is 0 Å². The molecule has 0 aromatic heterocycles. The molecule has 0 spiro atoms. The molecule has 0 aliphatic carbocycles. The maximum Gasteiger partial charge on any atom is 0.0108 e. The Hall–Kier alpha value is -0.820. The molecule has 76 valence electrons. The van der Waals surface area contributed by atoms with Crippen LogP contribution in [-0.4, -0.2) is 12.6 Å². The van der Waals surface area contributed by atoms with E-state index in [0.29, 0.717) is 0 Å². The molecule has 1 N–H and O–H groups in total. The first-order valence-corrected chi connectivity index (χ1v) is 5.69. The molecule has 1 atom stereocenters. The van der Waals surface area contributed by atoms with Crippen LogP contribution >= 0.6 is 0 Å². The summed E-state index contributed by atoms with van der Waals surface area (Å²) in [6.07, 6.45) is 5.04. The van der Waals surface area contributed by atoms with Crippen molar-refractivity contribution < 1.29 is 0 Å². The van der Waals surface area contributed by atoms with E-state index in [1.54, 1.807) is 0 Å². The van der Waals surface area contributed by atoms with Gasteiger partial charge in [-0.3, -0.25) is 0 Å². The number of benzene rings is 1. The fourth-order valence-corrected chi connectivity index (χ4v) is 2.19. The van der Waals surface area contributed by atoms with E-state index in [2.05, 4.69) is 36.5 Å². The summed E-state index contributed by atoms with van der Waals surface area (Å²) in [4.78, 5) is 0. The lowest BCUT2D eigenvalue weighted by atomic mass is 10.0. The van der Waals surface area contributed by atoms with Crippen LogP contribution in [0.4, 0.5) is 0 Å². The summed E-state index contributed by atoms with van der Waals surface area (Å²) in [6.45, 7) is 3.42. The number of rotatable bonds is 3. The summed E-state index contributed by atoms with van der Waals surface area (Å²) < 4.78 is 0. The molecule has 1 heteroatoms. The second-order valence-electron chi connectivity index (χ2n) is 4.17. The second kappa shape index (κ2) is 4.61. The van der Waals surface area contributed by atoms with Gasteiger partial charge in [-0.25, -0.2) is 0 Å². The third-order valence-corrected chi connectivity index (χ3v) is 3.04. The molecule has 1 nitrogen and oxygen atoms in total. The Morgan fingerprint density at radius 2 is 2.21 bits per heavy atom. The largest absolute Gasteiger partial charge is 0.314 e. The highest BCUT2D eigenvalue weighted by atomic mass is 14.9. The Labute approximate surface area is 86.5 Å². The lowest BCUT2D eigenvalue weighted by Crippen LogP contribution is -2.23. The summed E-state index contributed by atoms with van der Waals surface area (Å²) in [5, 5.41) is 3.54. The normalized spacial score (nSPS) is 21.4. The lowest BCUT2D eigenvalue weighted by Gasteiger charge is -2.10. The topological polar surface area (TPSA) is 12.0 Å². The van der Waals surface area contributed by atoms with E-state index in [1.165, 1.54) is 36.9 Å². The minimum atomic E-state index is 0.724. The van der Waals surface area contributed by atoms with E-state index >= 15 is 0 Å². The van der Waals surface area contributed by atoms with Gasteiger partial charge in [0.15, 0.2) is 0 Å². The molecule has 0 saturated carbocycles. The minimum Gasteiger partial charge on any atom is -0.314 e. The Bertz CT molecular complexity index is 287. The number of nitrogens with one attached hydrogen (secondary N) is 1. The fourth-order valence-electron chi connectivity index (χ4n) is 2.19. The van der Waals surface area contributed by atoms with Gasteiger partial charge in [0.1, 0.15) is 0 Å². The van der Waals surface area contributed by atoms with Gasteiger partial charge in [0, 0.05) is 6.04 Å². The van der Waals surface area contributed by atoms with E-state index < -0.39 is 0 Å². The van der Waals surface area contributed by atoms with E-state index in [1.807, 2.05) is 0 Å². The van der Waals surface area contributed by atoms with Crippen molar-refractivity contribution >= 4 is 0 Å². The van der Waals surface area contributed by atoms with Crippen molar-refractivity contribution in [2.45, 2.75) is 38.6 Å². The molecule has 0 bridgehead atoms. The fraction of sp³-hybridized carbons (Fsp3) is 0.538. The molecule has 14 heavy (non-hydrogen) atoms. The maximum absolute atomic E-state index is 3.54. The standard InChI is InChI=1S/C13H19N/c1-2-11-5-3-6-12(9-11)10-13-7-4-8-14-13/h3,5-6,9,13-14H,2,4,7-8,10H2,1H3/t13-/m0/s1. The van der Waals surface area contributed by atoms with Gasteiger partial charge in [-0.2, -0.15) is 0 Å². The van der Waals surface area contributed by atoms with Gasteiger partial charge in [0.25, 0.3) is 0 Å². The Morgan fingerprint density at radius 3 is 2.93 bits per heavy atom. The zero-order valence-corrected chi connectivity index (χ0v) is 8.92. The highest BCUT2D eigenvalue weighted by Gasteiger charge is 2.13. The molecule has 1 aromatic rings. The first-order chi connectivity index (χ1) is 6.88. The molecule has 1 aliphatic rings. The summed E-state index contributed by atoms with van der Waals surface area (Å²) in [6, 6.07) is 9.72. The van der Waals surface area contributed by atoms with Crippen LogP contribution in [0.2, 0.25) is 0 Å². The Kier molecular flexibility index (Phi) is 3.20.